The van der Waals surface area contributed by atoms with Crippen LogP contribution in [0, 0.1) is 13.8 Å². The number of amides is 1. The fraction of sp³-hybridized carbons (Fsp3) is 0.316. The lowest BCUT2D eigenvalue weighted by Crippen LogP contribution is -2.30. The van der Waals surface area contributed by atoms with E-state index in [-0.39, 0.29) is 36.5 Å². The first-order chi connectivity index (χ1) is 13.8. The van der Waals surface area contributed by atoms with E-state index in [1.807, 2.05) is 19.2 Å². The van der Waals surface area contributed by atoms with Gasteiger partial charge in [0.15, 0.2) is 0 Å². The normalized spacial score (nSPS) is 11.4. The molecule has 0 aliphatic rings. The first kappa shape index (κ1) is 19.5. The van der Waals surface area contributed by atoms with Gasteiger partial charge in [0.05, 0.1) is 23.8 Å². The second kappa shape index (κ2) is 7.53. The molecule has 4 rings (SSSR count). The van der Waals surface area contributed by atoms with Crippen molar-refractivity contribution >= 4 is 49.0 Å². The molecular weight excluding hydrogens is 410 g/mol. The number of aromatic nitrogens is 4. The lowest BCUT2D eigenvalue weighted by molar-refractivity contribution is -0.130. The topological polar surface area (TPSA) is 101 Å². The lowest BCUT2D eigenvalue weighted by atomic mass is 10.2. The van der Waals surface area contributed by atoms with Gasteiger partial charge in [0.25, 0.3) is 11.1 Å². The maximum Gasteiger partial charge on any atom is 0.268 e. The number of carbonyl (C=O) groups is 1. The van der Waals surface area contributed by atoms with Gasteiger partial charge in [0, 0.05) is 24.9 Å². The summed E-state index contributed by atoms with van der Waals surface area (Å²) in [5, 5.41) is 2.44. The predicted octanol–water partition coefficient (Wildman–Crippen LogP) is 2.42. The van der Waals surface area contributed by atoms with Crippen LogP contribution in [0.1, 0.15) is 22.7 Å². The van der Waals surface area contributed by atoms with E-state index in [4.69, 9.17) is 0 Å². The van der Waals surface area contributed by atoms with Crippen molar-refractivity contribution in [1.29, 1.82) is 0 Å². The molecule has 4 heterocycles. The Hall–Kier alpha value is -2.85. The van der Waals surface area contributed by atoms with Crippen molar-refractivity contribution in [3.05, 3.63) is 54.7 Å². The first-order valence-corrected chi connectivity index (χ1v) is 10.7. The molecule has 4 aromatic heterocycles. The average molecular weight is 430 g/mol. The largest absolute Gasteiger partial charge is 0.338 e. The highest BCUT2D eigenvalue weighted by molar-refractivity contribution is 7.18. The number of H-pyrrole nitrogens is 1. The highest BCUT2D eigenvalue weighted by Crippen LogP contribution is 2.25. The molecule has 29 heavy (non-hydrogen) atoms. The Morgan fingerprint density at radius 1 is 1.31 bits per heavy atom. The monoisotopic (exact) mass is 429 g/mol. The third-order valence-electron chi connectivity index (χ3n) is 4.90. The van der Waals surface area contributed by atoms with Gasteiger partial charge in [-0.25, -0.2) is 9.97 Å². The van der Waals surface area contributed by atoms with Gasteiger partial charge < -0.3 is 9.88 Å². The van der Waals surface area contributed by atoms with E-state index < -0.39 is 0 Å². The van der Waals surface area contributed by atoms with Crippen LogP contribution in [0.4, 0.5) is 0 Å². The zero-order valence-electron chi connectivity index (χ0n) is 16.2. The summed E-state index contributed by atoms with van der Waals surface area (Å²) in [4.78, 5) is 52.1. The summed E-state index contributed by atoms with van der Waals surface area (Å²) < 4.78 is 2.05. The molecule has 8 nitrogen and oxygen atoms in total. The van der Waals surface area contributed by atoms with Crippen LogP contribution in [-0.4, -0.2) is 37.4 Å². The van der Waals surface area contributed by atoms with Gasteiger partial charge in [-0.15, -0.1) is 22.7 Å². The maximum atomic E-state index is 12.7. The highest BCUT2D eigenvalue weighted by Gasteiger charge is 2.15. The summed E-state index contributed by atoms with van der Waals surface area (Å²) in [6.45, 7) is 4.32. The molecule has 0 saturated carbocycles. The molecule has 10 heteroatoms. The molecule has 1 N–H and O–H groups in total. The molecule has 0 aliphatic carbocycles. The SMILES string of the molecule is Cc1sc2ncn(CCC(=O)N(C)Cc3nc4ccsc4c(=O)[nH]3)c(=O)c2c1C. The molecule has 0 radical (unpaired) electrons. The zero-order chi connectivity index (χ0) is 20.7. The Bertz CT molecular complexity index is 1350. The summed E-state index contributed by atoms with van der Waals surface area (Å²) in [6.07, 6.45) is 1.65. The van der Waals surface area contributed by atoms with Gasteiger partial charge in [0.2, 0.25) is 5.91 Å². The Kier molecular flexibility index (Phi) is 5.05. The Labute approximate surface area is 173 Å². The summed E-state index contributed by atoms with van der Waals surface area (Å²) in [5.74, 6) is 0.282. The van der Waals surface area contributed by atoms with Gasteiger partial charge in [-0.05, 0) is 30.9 Å². The number of thiophene rings is 2. The van der Waals surface area contributed by atoms with Crippen LogP contribution < -0.4 is 11.1 Å². The maximum absolute atomic E-state index is 12.7. The molecule has 4 aromatic rings. The quantitative estimate of drug-likeness (QED) is 0.525. The van der Waals surface area contributed by atoms with Crippen LogP contribution in [0.25, 0.3) is 20.4 Å². The Balaban J connectivity index is 1.47. The van der Waals surface area contributed by atoms with Crippen molar-refractivity contribution in [3.63, 3.8) is 0 Å². The van der Waals surface area contributed by atoms with Crippen LogP contribution in [-0.2, 0) is 17.9 Å². The molecule has 0 aliphatic heterocycles. The number of hydrogen-bond donors (Lipinski definition) is 1. The number of rotatable bonds is 5. The molecule has 0 bridgehead atoms. The zero-order valence-corrected chi connectivity index (χ0v) is 17.8. The molecule has 0 unspecified atom stereocenters. The fourth-order valence-electron chi connectivity index (χ4n) is 3.15. The van der Waals surface area contributed by atoms with Crippen molar-refractivity contribution in [2.45, 2.75) is 33.4 Å². The van der Waals surface area contributed by atoms with Gasteiger partial charge in [-0.3, -0.25) is 19.0 Å². The van der Waals surface area contributed by atoms with Crippen molar-refractivity contribution in [1.82, 2.24) is 24.4 Å². The minimum absolute atomic E-state index is 0.124. The van der Waals surface area contributed by atoms with E-state index in [9.17, 15) is 14.4 Å². The summed E-state index contributed by atoms with van der Waals surface area (Å²) in [6, 6.07) is 1.78. The predicted molar refractivity (Wildman–Crippen MR) is 115 cm³/mol. The van der Waals surface area contributed by atoms with E-state index in [1.54, 1.807) is 13.1 Å². The van der Waals surface area contributed by atoms with Crippen molar-refractivity contribution < 1.29 is 4.79 Å². The number of hydrogen-bond acceptors (Lipinski definition) is 7. The Morgan fingerprint density at radius 2 is 2.10 bits per heavy atom. The number of nitrogens with one attached hydrogen (secondary N) is 1. The second-order valence-electron chi connectivity index (χ2n) is 6.85. The van der Waals surface area contributed by atoms with E-state index in [0.29, 0.717) is 21.4 Å². The molecule has 1 amide bonds. The van der Waals surface area contributed by atoms with E-state index >= 15 is 0 Å². The summed E-state index contributed by atoms with van der Waals surface area (Å²) in [7, 11) is 1.65. The Morgan fingerprint density at radius 3 is 2.90 bits per heavy atom. The number of fused-ring (bicyclic) bond motifs is 2. The van der Waals surface area contributed by atoms with Gasteiger partial charge in [-0.1, -0.05) is 0 Å². The number of aryl methyl sites for hydroxylation is 3. The van der Waals surface area contributed by atoms with Crippen LogP contribution in [0.15, 0.2) is 27.4 Å². The molecule has 150 valence electrons. The molecule has 0 atom stereocenters. The first-order valence-electron chi connectivity index (χ1n) is 9.00. The van der Waals surface area contributed by atoms with Crippen LogP contribution in [0.5, 0.6) is 0 Å². The third-order valence-corrected chi connectivity index (χ3v) is 6.92. The second-order valence-corrected chi connectivity index (χ2v) is 8.97. The minimum Gasteiger partial charge on any atom is -0.338 e. The summed E-state index contributed by atoms with van der Waals surface area (Å²) in [5.41, 5.74) is 1.25. The standard InChI is InChI=1S/C19H19N5O3S2/c1-10-11(2)29-18-15(10)19(27)24(9-20-18)6-4-14(25)23(3)8-13-21-12-5-7-28-16(12)17(26)22-13/h5,7,9H,4,6,8H2,1-3H3,(H,21,22,26). The molecule has 0 aromatic carbocycles. The van der Waals surface area contributed by atoms with Crippen LogP contribution in [0.3, 0.4) is 0 Å². The molecule has 0 fully saturated rings. The molecule has 0 spiro atoms. The smallest absolute Gasteiger partial charge is 0.268 e. The summed E-state index contributed by atoms with van der Waals surface area (Å²) >= 11 is 2.83. The molecular formula is C19H19N5O3S2. The average Bonchev–Trinajstić information content (AvgIpc) is 3.26. The van der Waals surface area contributed by atoms with Crippen LogP contribution >= 0.6 is 22.7 Å². The van der Waals surface area contributed by atoms with Crippen molar-refractivity contribution in [2.75, 3.05) is 7.05 Å². The minimum atomic E-state index is -0.201. The van der Waals surface area contributed by atoms with E-state index in [2.05, 4.69) is 15.0 Å². The van der Waals surface area contributed by atoms with Gasteiger partial charge in [0.1, 0.15) is 15.4 Å². The number of aromatic amines is 1. The van der Waals surface area contributed by atoms with Crippen molar-refractivity contribution in [3.8, 4) is 0 Å². The highest BCUT2D eigenvalue weighted by atomic mass is 32.1. The van der Waals surface area contributed by atoms with Gasteiger partial charge >= 0.3 is 0 Å². The third kappa shape index (κ3) is 3.60. The number of carbonyl (C=O) groups excluding carboxylic acids is 1. The van der Waals surface area contributed by atoms with Crippen molar-refractivity contribution in [2.24, 2.45) is 0 Å². The lowest BCUT2D eigenvalue weighted by Gasteiger charge is -2.17. The van der Waals surface area contributed by atoms with E-state index in [1.165, 1.54) is 38.5 Å². The van der Waals surface area contributed by atoms with Gasteiger partial charge in [-0.2, -0.15) is 0 Å². The molecule has 0 saturated heterocycles. The fourth-order valence-corrected chi connectivity index (χ4v) is 4.86. The van der Waals surface area contributed by atoms with Crippen LogP contribution in [0.2, 0.25) is 0 Å². The van der Waals surface area contributed by atoms with E-state index in [0.717, 1.165) is 15.3 Å². The number of nitrogens with zero attached hydrogens (tertiary/aromatic N) is 4.